The molecule has 22 heavy (non-hydrogen) atoms. The summed E-state index contributed by atoms with van der Waals surface area (Å²) in [5.74, 6) is 0. The lowest BCUT2D eigenvalue weighted by atomic mass is 10.2. The monoisotopic (exact) mass is 304 g/mol. The van der Waals surface area contributed by atoms with Crippen molar-refractivity contribution in [1.29, 1.82) is 0 Å². The predicted octanol–water partition coefficient (Wildman–Crippen LogP) is 1.70. The first-order valence-corrected chi connectivity index (χ1v) is 7.93. The standard InChI is InChI=1S/C16H24N4O2/c1-19-8-10-20(11-9-19)14-6-4-13(5-7-14)17-16(21)18-15-3-2-12-22-15/h4-7,15H,2-3,8-12H2,1H3,(H2,17,18,21). The number of carbonyl (C=O) groups excluding carboxylic acids is 1. The number of piperazine rings is 1. The Bertz CT molecular complexity index is 491. The van der Waals surface area contributed by atoms with Gasteiger partial charge in [0.05, 0.1) is 0 Å². The highest BCUT2D eigenvalue weighted by Crippen LogP contribution is 2.19. The van der Waals surface area contributed by atoms with Crippen LogP contribution in [-0.2, 0) is 4.74 Å². The summed E-state index contributed by atoms with van der Waals surface area (Å²) < 4.78 is 5.39. The molecule has 2 saturated heterocycles. The van der Waals surface area contributed by atoms with Gasteiger partial charge < -0.3 is 25.2 Å². The summed E-state index contributed by atoms with van der Waals surface area (Å²) in [6.07, 6.45) is 1.74. The van der Waals surface area contributed by atoms with Gasteiger partial charge in [0.2, 0.25) is 0 Å². The first-order chi connectivity index (χ1) is 10.7. The minimum atomic E-state index is -0.209. The first-order valence-electron chi connectivity index (χ1n) is 7.93. The molecule has 6 nitrogen and oxygen atoms in total. The van der Waals surface area contributed by atoms with E-state index >= 15 is 0 Å². The Balaban J connectivity index is 1.51. The van der Waals surface area contributed by atoms with Gasteiger partial charge in [0.1, 0.15) is 6.23 Å². The molecular formula is C16H24N4O2. The number of hydrogen-bond donors (Lipinski definition) is 2. The van der Waals surface area contributed by atoms with Crippen LogP contribution in [0, 0.1) is 0 Å². The zero-order chi connectivity index (χ0) is 15.4. The average molecular weight is 304 g/mol. The second-order valence-corrected chi connectivity index (χ2v) is 5.94. The number of anilines is 2. The van der Waals surface area contributed by atoms with Crippen LogP contribution >= 0.6 is 0 Å². The van der Waals surface area contributed by atoms with Crippen molar-refractivity contribution in [2.75, 3.05) is 50.1 Å². The fourth-order valence-electron chi connectivity index (χ4n) is 2.83. The van der Waals surface area contributed by atoms with Crippen molar-refractivity contribution < 1.29 is 9.53 Å². The van der Waals surface area contributed by atoms with Crippen LogP contribution in [0.3, 0.4) is 0 Å². The second-order valence-electron chi connectivity index (χ2n) is 5.94. The maximum atomic E-state index is 11.9. The van der Waals surface area contributed by atoms with Gasteiger partial charge in [0.15, 0.2) is 0 Å². The van der Waals surface area contributed by atoms with Crippen LogP contribution in [0.2, 0.25) is 0 Å². The van der Waals surface area contributed by atoms with E-state index in [0.29, 0.717) is 0 Å². The summed E-state index contributed by atoms with van der Waals surface area (Å²) in [6, 6.07) is 7.81. The van der Waals surface area contributed by atoms with Gasteiger partial charge in [-0.1, -0.05) is 0 Å². The third-order valence-electron chi connectivity index (χ3n) is 4.22. The Labute approximate surface area is 131 Å². The minimum Gasteiger partial charge on any atom is -0.369 e. The number of likely N-dealkylation sites (N-methyl/N-ethyl adjacent to an activating group) is 1. The molecular weight excluding hydrogens is 280 g/mol. The fraction of sp³-hybridized carbons (Fsp3) is 0.562. The molecule has 2 N–H and O–H groups in total. The van der Waals surface area contributed by atoms with Crippen molar-refractivity contribution in [3.63, 3.8) is 0 Å². The van der Waals surface area contributed by atoms with Crippen molar-refractivity contribution in [3.05, 3.63) is 24.3 Å². The lowest BCUT2D eigenvalue weighted by Gasteiger charge is -2.34. The third kappa shape index (κ3) is 3.90. The molecule has 1 unspecified atom stereocenters. The average Bonchev–Trinajstić information content (AvgIpc) is 3.02. The van der Waals surface area contributed by atoms with E-state index < -0.39 is 0 Å². The molecule has 2 aliphatic heterocycles. The largest absolute Gasteiger partial charge is 0.369 e. The number of benzene rings is 1. The third-order valence-corrected chi connectivity index (χ3v) is 4.22. The Morgan fingerprint density at radius 3 is 2.55 bits per heavy atom. The van der Waals surface area contributed by atoms with E-state index in [9.17, 15) is 4.79 Å². The fourth-order valence-corrected chi connectivity index (χ4v) is 2.83. The van der Waals surface area contributed by atoms with Crippen molar-refractivity contribution in [1.82, 2.24) is 10.2 Å². The molecule has 0 spiro atoms. The van der Waals surface area contributed by atoms with Gasteiger partial charge in [0, 0.05) is 44.2 Å². The van der Waals surface area contributed by atoms with Gasteiger partial charge in [-0.3, -0.25) is 0 Å². The highest BCUT2D eigenvalue weighted by Gasteiger charge is 2.18. The number of urea groups is 1. The van der Waals surface area contributed by atoms with Crippen LogP contribution in [-0.4, -0.2) is 57.0 Å². The second kappa shape index (κ2) is 6.98. The normalized spacial score (nSPS) is 22.6. The quantitative estimate of drug-likeness (QED) is 0.892. The van der Waals surface area contributed by atoms with E-state index in [1.165, 1.54) is 5.69 Å². The smallest absolute Gasteiger partial charge is 0.321 e. The van der Waals surface area contributed by atoms with Crippen molar-refractivity contribution >= 4 is 17.4 Å². The van der Waals surface area contributed by atoms with Crippen LogP contribution < -0.4 is 15.5 Å². The molecule has 0 aliphatic carbocycles. The van der Waals surface area contributed by atoms with E-state index in [-0.39, 0.29) is 12.3 Å². The molecule has 2 heterocycles. The Morgan fingerprint density at radius 2 is 1.91 bits per heavy atom. The summed E-state index contributed by atoms with van der Waals surface area (Å²) in [5.41, 5.74) is 2.01. The first kappa shape index (κ1) is 15.1. The van der Waals surface area contributed by atoms with E-state index in [1.807, 2.05) is 12.1 Å². The molecule has 0 radical (unpaired) electrons. The van der Waals surface area contributed by atoms with Gasteiger partial charge in [-0.25, -0.2) is 4.79 Å². The molecule has 0 saturated carbocycles. The summed E-state index contributed by atoms with van der Waals surface area (Å²) in [4.78, 5) is 16.6. The molecule has 1 aromatic carbocycles. The SMILES string of the molecule is CN1CCN(c2ccc(NC(=O)NC3CCCO3)cc2)CC1. The van der Waals surface area contributed by atoms with Crippen LogP contribution in [0.15, 0.2) is 24.3 Å². The van der Waals surface area contributed by atoms with Gasteiger partial charge in [-0.2, -0.15) is 0 Å². The van der Waals surface area contributed by atoms with Crippen LogP contribution in [0.5, 0.6) is 0 Å². The van der Waals surface area contributed by atoms with E-state index in [4.69, 9.17) is 4.74 Å². The van der Waals surface area contributed by atoms with Crippen molar-refractivity contribution in [3.8, 4) is 0 Å². The minimum absolute atomic E-state index is 0.149. The summed E-state index contributed by atoms with van der Waals surface area (Å²) in [7, 11) is 2.15. The molecule has 0 aromatic heterocycles. The molecule has 1 aromatic rings. The topological polar surface area (TPSA) is 56.8 Å². The van der Waals surface area contributed by atoms with E-state index in [2.05, 4.69) is 39.6 Å². The molecule has 3 rings (SSSR count). The number of amides is 2. The molecule has 0 bridgehead atoms. The summed E-state index contributed by atoms with van der Waals surface area (Å²) in [6.45, 7) is 4.99. The number of rotatable bonds is 3. The van der Waals surface area contributed by atoms with Gasteiger partial charge in [-0.05, 0) is 44.2 Å². The Morgan fingerprint density at radius 1 is 1.18 bits per heavy atom. The number of nitrogens with zero attached hydrogens (tertiary/aromatic N) is 2. The van der Waals surface area contributed by atoms with Gasteiger partial charge >= 0.3 is 6.03 Å². The zero-order valence-corrected chi connectivity index (χ0v) is 13.0. The van der Waals surface area contributed by atoms with Crippen LogP contribution in [0.4, 0.5) is 16.2 Å². The number of hydrogen-bond acceptors (Lipinski definition) is 4. The zero-order valence-electron chi connectivity index (χ0n) is 13.0. The maximum Gasteiger partial charge on any atom is 0.321 e. The van der Waals surface area contributed by atoms with Crippen molar-refractivity contribution in [2.45, 2.75) is 19.1 Å². The number of carbonyl (C=O) groups is 1. The number of nitrogens with one attached hydrogen (secondary N) is 2. The van der Waals surface area contributed by atoms with E-state index in [0.717, 1.165) is 51.3 Å². The van der Waals surface area contributed by atoms with Gasteiger partial charge in [-0.15, -0.1) is 0 Å². The summed E-state index contributed by atoms with van der Waals surface area (Å²) in [5, 5.41) is 5.67. The maximum absolute atomic E-state index is 11.9. The lowest BCUT2D eigenvalue weighted by Crippen LogP contribution is -2.44. The predicted molar refractivity (Wildman–Crippen MR) is 87.3 cm³/mol. The molecule has 2 fully saturated rings. The summed E-state index contributed by atoms with van der Waals surface area (Å²) >= 11 is 0. The van der Waals surface area contributed by atoms with Crippen LogP contribution in [0.1, 0.15) is 12.8 Å². The molecule has 2 amide bonds. The number of ether oxygens (including phenoxy) is 1. The van der Waals surface area contributed by atoms with Crippen molar-refractivity contribution in [2.24, 2.45) is 0 Å². The highest BCUT2D eigenvalue weighted by molar-refractivity contribution is 5.89. The highest BCUT2D eigenvalue weighted by atomic mass is 16.5. The Hall–Kier alpha value is -1.79. The van der Waals surface area contributed by atoms with Gasteiger partial charge in [0.25, 0.3) is 0 Å². The molecule has 2 aliphatic rings. The molecule has 120 valence electrons. The van der Waals surface area contributed by atoms with Crippen LogP contribution in [0.25, 0.3) is 0 Å². The molecule has 1 atom stereocenters. The van der Waals surface area contributed by atoms with E-state index in [1.54, 1.807) is 0 Å². The molecule has 6 heteroatoms. The Kier molecular flexibility index (Phi) is 4.80. The lowest BCUT2D eigenvalue weighted by molar-refractivity contribution is 0.0928.